The maximum Gasteiger partial charge on any atom is 0.281 e. The van der Waals surface area contributed by atoms with Crippen LogP contribution in [0, 0.1) is 11.8 Å². The first-order valence-corrected chi connectivity index (χ1v) is 13.1. The van der Waals surface area contributed by atoms with Crippen LogP contribution in [0.3, 0.4) is 0 Å². The number of hydrogen-bond donors (Lipinski definition) is 2. The number of carbonyl (C=O) groups is 1. The van der Waals surface area contributed by atoms with Crippen molar-refractivity contribution >= 4 is 27.6 Å². The van der Waals surface area contributed by atoms with E-state index >= 15 is 0 Å². The van der Waals surface area contributed by atoms with E-state index in [1.807, 2.05) is 0 Å². The van der Waals surface area contributed by atoms with Gasteiger partial charge >= 0.3 is 0 Å². The molecule has 1 unspecified atom stereocenters. The topological polar surface area (TPSA) is 104 Å². The summed E-state index contributed by atoms with van der Waals surface area (Å²) in [5.41, 5.74) is 0.0455. The minimum atomic E-state index is -4.16. The van der Waals surface area contributed by atoms with Crippen LogP contribution in [0.1, 0.15) is 64.2 Å². The van der Waals surface area contributed by atoms with Gasteiger partial charge in [-0.3, -0.25) is 4.79 Å². The summed E-state index contributed by atoms with van der Waals surface area (Å²) in [5.74, 6) is 1.17. The lowest BCUT2D eigenvalue weighted by Gasteiger charge is -2.33. The number of pyridine rings is 2. The molecule has 8 nitrogen and oxygen atoms in total. The lowest BCUT2D eigenvalue weighted by atomic mass is 9.97. The van der Waals surface area contributed by atoms with Gasteiger partial charge in [-0.15, -0.1) is 0 Å². The van der Waals surface area contributed by atoms with E-state index < -0.39 is 15.9 Å². The van der Waals surface area contributed by atoms with Crippen LogP contribution in [-0.4, -0.2) is 42.9 Å². The molecule has 3 heterocycles. The molecule has 1 aliphatic rings. The molecule has 2 N–H and O–H groups in total. The van der Waals surface area contributed by atoms with E-state index in [2.05, 4.69) is 59.5 Å². The van der Waals surface area contributed by atoms with Gasteiger partial charge in [0.2, 0.25) is 0 Å². The summed E-state index contributed by atoms with van der Waals surface area (Å²) in [4.78, 5) is 23.8. The molecule has 0 radical (unpaired) electrons. The van der Waals surface area contributed by atoms with E-state index in [-0.39, 0.29) is 16.1 Å². The van der Waals surface area contributed by atoms with E-state index in [1.54, 1.807) is 30.5 Å². The van der Waals surface area contributed by atoms with Crippen molar-refractivity contribution in [2.45, 2.75) is 64.4 Å². The van der Waals surface area contributed by atoms with E-state index in [1.165, 1.54) is 6.07 Å². The van der Waals surface area contributed by atoms with Crippen LogP contribution in [0.25, 0.3) is 0 Å². The van der Waals surface area contributed by atoms with Crippen molar-refractivity contribution in [3.8, 4) is 0 Å². The van der Waals surface area contributed by atoms with Gasteiger partial charge in [-0.2, -0.15) is 8.42 Å². The second-order valence-electron chi connectivity index (χ2n) is 9.47. The van der Waals surface area contributed by atoms with Crippen LogP contribution < -0.4 is 14.9 Å². The average molecular weight is 474 g/mol. The van der Waals surface area contributed by atoms with Gasteiger partial charge < -0.3 is 10.2 Å². The second-order valence-corrected chi connectivity index (χ2v) is 11.1. The van der Waals surface area contributed by atoms with Gasteiger partial charge in [0, 0.05) is 24.8 Å². The molecule has 0 bridgehead atoms. The van der Waals surface area contributed by atoms with Crippen molar-refractivity contribution in [1.82, 2.24) is 14.7 Å². The van der Waals surface area contributed by atoms with Gasteiger partial charge in [0.25, 0.3) is 15.9 Å². The Morgan fingerprint density at radius 1 is 1.21 bits per heavy atom. The molecule has 1 saturated heterocycles. The quantitative estimate of drug-likeness (QED) is 0.566. The lowest BCUT2D eigenvalue weighted by Crippen LogP contribution is -2.41. The third kappa shape index (κ3) is 5.82. The molecule has 2 aromatic rings. The maximum absolute atomic E-state index is 13.1. The molecule has 2 aromatic heterocycles. The number of carbonyl (C=O) groups excluding carboxylic acids is 1. The normalized spacial score (nSPS) is 17.9. The van der Waals surface area contributed by atoms with Crippen molar-refractivity contribution in [3.63, 3.8) is 0 Å². The van der Waals surface area contributed by atoms with Crippen LogP contribution in [0.5, 0.6) is 0 Å². The third-order valence-electron chi connectivity index (χ3n) is 6.31. The Labute approximate surface area is 197 Å². The van der Waals surface area contributed by atoms with Gasteiger partial charge in [-0.05, 0) is 56.4 Å². The van der Waals surface area contributed by atoms with Gasteiger partial charge in [0.15, 0.2) is 5.03 Å². The van der Waals surface area contributed by atoms with E-state index in [9.17, 15) is 13.2 Å². The number of nitrogens with one attached hydrogen (secondary N) is 2. The van der Waals surface area contributed by atoms with Gasteiger partial charge in [-0.1, -0.05) is 39.7 Å². The Bertz CT molecular complexity index is 1080. The Balaban J connectivity index is 1.81. The van der Waals surface area contributed by atoms with Crippen molar-refractivity contribution in [3.05, 3.63) is 42.1 Å². The summed E-state index contributed by atoms with van der Waals surface area (Å²) in [5, 5.41) is 3.00. The molecule has 1 atom stereocenters. The van der Waals surface area contributed by atoms with Crippen molar-refractivity contribution in [2.75, 3.05) is 23.3 Å². The number of nitrogens with zero attached hydrogens (tertiary/aromatic N) is 3. The highest BCUT2D eigenvalue weighted by molar-refractivity contribution is 7.90. The molecular weight excluding hydrogens is 438 g/mol. The molecule has 33 heavy (non-hydrogen) atoms. The van der Waals surface area contributed by atoms with E-state index in [4.69, 9.17) is 0 Å². The minimum absolute atomic E-state index is 0.182. The fourth-order valence-electron chi connectivity index (χ4n) is 4.47. The Kier molecular flexibility index (Phi) is 7.62. The number of aromatic nitrogens is 2. The van der Waals surface area contributed by atoms with Crippen LogP contribution in [0.15, 0.2) is 41.6 Å². The van der Waals surface area contributed by atoms with Crippen LogP contribution in [-0.2, 0) is 10.0 Å². The number of rotatable bonds is 9. The molecule has 180 valence electrons. The Hall–Kier alpha value is -2.68. The lowest BCUT2D eigenvalue weighted by molar-refractivity contribution is 0.0981. The summed E-state index contributed by atoms with van der Waals surface area (Å²) in [7, 11) is -4.16. The largest absolute Gasteiger partial charge is 0.370 e. The molecular formula is C24H35N5O3S. The zero-order chi connectivity index (χ0) is 24.2. The Morgan fingerprint density at radius 2 is 1.94 bits per heavy atom. The molecule has 0 spiro atoms. The summed E-state index contributed by atoms with van der Waals surface area (Å²) < 4.78 is 28.1. The van der Waals surface area contributed by atoms with Gasteiger partial charge in [0.05, 0.1) is 5.56 Å². The fraction of sp³-hybridized carbons (Fsp3) is 0.542. The number of sulfonamides is 1. The Morgan fingerprint density at radius 3 is 2.58 bits per heavy atom. The SMILES string of the molecule is CCC(CC)CNc1cccc(S(=O)(=O)NC(=O)c2cccnc2N2CC(C)CC2(C)C)n1. The summed E-state index contributed by atoms with van der Waals surface area (Å²) in [6.45, 7) is 12.1. The van der Waals surface area contributed by atoms with E-state index in [0.717, 1.165) is 25.8 Å². The number of hydrogen-bond acceptors (Lipinski definition) is 7. The van der Waals surface area contributed by atoms with Crippen LogP contribution in [0.4, 0.5) is 11.6 Å². The summed E-state index contributed by atoms with van der Waals surface area (Å²) in [6.07, 6.45) is 4.63. The van der Waals surface area contributed by atoms with Gasteiger partial charge in [0.1, 0.15) is 11.6 Å². The number of anilines is 2. The highest BCUT2D eigenvalue weighted by Crippen LogP contribution is 2.37. The van der Waals surface area contributed by atoms with Crippen molar-refractivity contribution in [2.24, 2.45) is 11.8 Å². The number of amides is 1. The molecule has 3 rings (SSSR count). The first kappa shape index (κ1) is 25.0. The average Bonchev–Trinajstić information content (AvgIpc) is 3.06. The molecule has 9 heteroatoms. The van der Waals surface area contributed by atoms with Crippen molar-refractivity contribution in [1.29, 1.82) is 0 Å². The summed E-state index contributed by atoms with van der Waals surface area (Å²) >= 11 is 0. The maximum atomic E-state index is 13.1. The van der Waals surface area contributed by atoms with Crippen LogP contribution >= 0.6 is 0 Å². The molecule has 1 fully saturated rings. The zero-order valence-corrected chi connectivity index (χ0v) is 20.9. The van der Waals surface area contributed by atoms with Crippen LogP contribution in [0.2, 0.25) is 0 Å². The highest BCUT2D eigenvalue weighted by Gasteiger charge is 2.39. The van der Waals surface area contributed by atoms with Gasteiger partial charge in [-0.25, -0.2) is 14.7 Å². The smallest absolute Gasteiger partial charge is 0.281 e. The minimum Gasteiger partial charge on any atom is -0.370 e. The molecule has 0 saturated carbocycles. The monoisotopic (exact) mass is 473 g/mol. The predicted molar refractivity (Wildman–Crippen MR) is 131 cm³/mol. The summed E-state index contributed by atoms with van der Waals surface area (Å²) in [6, 6.07) is 7.96. The van der Waals surface area contributed by atoms with Crippen molar-refractivity contribution < 1.29 is 13.2 Å². The first-order chi connectivity index (χ1) is 15.6. The molecule has 0 aliphatic carbocycles. The molecule has 1 aliphatic heterocycles. The predicted octanol–water partition coefficient (Wildman–Crippen LogP) is 4.07. The first-order valence-electron chi connectivity index (χ1n) is 11.6. The molecule has 1 amide bonds. The second kappa shape index (κ2) is 10.1. The molecule has 0 aromatic carbocycles. The standard InChI is InChI=1S/C24H35N5O3S/c1-6-18(7-2)15-26-20-11-8-12-21(27-20)33(31,32)28-23(30)19-10-9-13-25-22(19)29-16-17(3)14-24(29,4)5/h8-13,17-18H,6-7,14-16H2,1-5H3,(H,26,27)(H,28,30). The fourth-order valence-corrected chi connectivity index (χ4v) is 5.40. The third-order valence-corrected chi connectivity index (χ3v) is 7.54. The zero-order valence-electron chi connectivity index (χ0n) is 20.1. The highest BCUT2D eigenvalue weighted by atomic mass is 32.2. The van der Waals surface area contributed by atoms with E-state index in [0.29, 0.717) is 30.0 Å².